The molecule has 0 saturated carbocycles. The van der Waals surface area contributed by atoms with Crippen molar-refractivity contribution in [1.82, 2.24) is 9.88 Å². The molecule has 0 fully saturated rings. The summed E-state index contributed by atoms with van der Waals surface area (Å²) in [5.41, 5.74) is 11.1. The van der Waals surface area contributed by atoms with Gasteiger partial charge in [0.05, 0.1) is 11.7 Å². The second kappa shape index (κ2) is 10.7. The summed E-state index contributed by atoms with van der Waals surface area (Å²) in [6.45, 7) is 0.839. The first kappa shape index (κ1) is 26.3. The van der Waals surface area contributed by atoms with Gasteiger partial charge in [0.2, 0.25) is 0 Å². The van der Waals surface area contributed by atoms with E-state index in [4.69, 9.17) is 5.73 Å². The van der Waals surface area contributed by atoms with E-state index in [0.717, 1.165) is 22.4 Å². The molecule has 1 aliphatic heterocycles. The van der Waals surface area contributed by atoms with Crippen LogP contribution >= 0.6 is 12.4 Å². The van der Waals surface area contributed by atoms with Gasteiger partial charge in [0.15, 0.2) is 0 Å². The number of carbonyl (C=O) groups excluding carboxylic acids is 1. The lowest BCUT2D eigenvalue weighted by Crippen LogP contribution is -2.39. The number of aromatic nitrogens is 1. The smallest absolute Gasteiger partial charge is 0.406 e. The SMILES string of the molecule is Cl.NCC[C@H]1CNC(=O)c2cc(-c3cccc(OC(F)(F)F)c3)c(-c3cccc(-c4ccccc4)c3)n21. The van der Waals surface area contributed by atoms with E-state index in [1.807, 2.05) is 59.2 Å². The van der Waals surface area contributed by atoms with Crippen molar-refractivity contribution in [3.05, 3.63) is 90.6 Å². The third kappa shape index (κ3) is 5.50. The van der Waals surface area contributed by atoms with Crippen LogP contribution in [0.2, 0.25) is 0 Å². The third-order valence-corrected chi connectivity index (χ3v) is 6.25. The number of ether oxygens (including phenoxy) is 1. The van der Waals surface area contributed by atoms with Crippen LogP contribution in [0.5, 0.6) is 5.75 Å². The average Bonchev–Trinajstić information content (AvgIpc) is 3.28. The predicted octanol–water partition coefficient (Wildman–Crippen LogP) is 6.44. The number of rotatable bonds is 6. The molecule has 0 spiro atoms. The fourth-order valence-electron chi connectivity index (χ4n) is 4.75. The number of alkyl halides is 3. The Balaban J connectivity index is 0.00000320. The third-order valence-electron chi connectivity index (χ3n) is 6.25. The molecule has 1 atom stereocenters. The zero-order valence-electron chi connectivity index (χ0n) is 19.7. The molecule has 2 heterocycles. The minimum Gasteiger partial charge on any atom is -0.406 e. The van der Waals surface area contributed by atoms with Gasteiger partial charge in [0.1, 0.15) is 11.4 Å². The van der Waals surface area contributed by atoms with E-state index in [9.17, 15) is 18.0 Å². The molecule has 5 rings (SSSR count). The van der Waals surface area contributed by atoms with Gasteiger partial charge in [-0.25, -0.2) is 0 Å². The highest BCUT2D eigenvalue weighted by Gasteiger charge is 2.33. The number of nitrogens with two attached hydrogens (primary N) is 1. The molecule has 0 unspecified atom stereocenters. The number of nitrogens with zero attached hydrogens (tertiary/aromatic N) is 1. The topological polar surface area (TPSA) is 69.3 Å². The molecule has 0 radical (unpaired) electrons. The van der Waals surface area contributed by atoms with Crippen LogP contribution in [0.3, 0.4) is 0 Å². The minimum atomic E-state index is -4.81. The predicted molar refractivity (Wildman–Crippen MR) is 140 cm³/mol. The molecular weight excluding hydrogens is 503 g/mol. The molecule has 9 heteroatoms. The molecule has 0 saturated heterocycles. The first-order chi connectivity index (χ1) is 17.3. The van der Waals surface area contributed by atoms with Crippen LogP contribution in [-0.2, 0) is 0 Å². The molecule has 1 aliphatic rings. The second-order valence-corrected chi connectivity index (χ2v) is 8.63. The Morgan fingerprint density at radius 1 is 0.892 bits per heavy atom. The summed E-state index contributed by atoms with van der Waals surface area (Å²) in [5, 5.41) is 2.91. The first-order valence-corrected chi connectivity index (χ1v) is 11.6. The quantitative estimate of drug-likeness (QED) is 0.303. The average molecular weight is 528 g/mol. The highest BCUT2D eigenvalue weighted by molar-refractivity contribution is 5.99. The van der Waals surface area contributed by atoms with Crippen LogP contribution in [0, 0.1) is 0 Å². The van der Waals surface area contributed by atoms with E-state index < -0.39 is 6.36 Å². The maximum Gasteiger partial charge on any atom is 0.573 e. The fourth-order valence-corrected chi connectivity index (χ4v) is 4.75. The summed E-state index contributed by atoms with van der Waals surface area (Å²) in [6.07, 6.45) is -4.18. The number of fused-ring (bicyclic) bond motifs is 1. The molecular formula is C28H25ClF3N3O2. The van der Waals surface area contributed by atoms with E-state index in [1.165, 1.54) is 18.2 Å². The van der Waals surface area contributed by atoms with Crippen molar-refractivity contribution in [3.63, 3.8) is 0 Å². The Hall–Kier alpha value is -3.75. The monoisotopic (exact) mass is 527 g/mol. The summed E-state index contributed by atoms with van der Waals surface area (Å²) in [5.74, 6) is -0.561. The van der Waals surface area contributed by atoms with Gasteiger partial charge in [-0.05, 0) is 59.5 Å². The molecule has 1 amide bonds. The summed E-state index contributed by atoms with van der Waals surface area (Å²) < 4.78 is 44.9. The largest absolute Gasteiger partial charge is 0.573 e. The molecule has 192 valence electrons. The second-order valence-electron chi connectivity index (χ2n) is 8.63. The van der Waals surface area contributed by atoms with Gasteiger partial charge >= 0.3 is 6.36 Å². The Kier molecular flexibility index (Phi) is 7.61. The van der Waals surface area contributed by atoms with E-state index in [2.05, 4.69) is 10.1 Å². The van der Waals surface area contributed by atoms with Gasteiger partial charge in [0.25, 0.3) is 5.91 Å². The summed E-state index contributed by atoms with van der Waals surface area (Å²) in [7, 11) is 0. The lowest BCUT2D eigenvalue weighted by atomic mass is 9.97. The lowest BCUT2D eigenvalue weighted by Gasteiger charge is -2.28. The van der Waals surface area contributed by atoms with Crippen LogP contribution in [-0.4, -0.2) is 29.9 Å². The van der Waals surface area contributed by atoms with Crippen LogP contribution in [0.15, 0.2) is 84.9 Å². The number of halogens is 4. The number of hydrogen-bond acceptors (Lipinski definition) is 3. The zero-order valence-corrected chi connectivity index (χ0v) is 20.5. The maximum absolute atomic E-state index is 12.9. The Morgan fingerprint density at radius 2 is 1.57 bits per heavy atom. The van der Waals surface area contributed by atoms with Gasteiger partial charge in [-0.2, -0.15) is 0 Å². The van der Waals surface area contributed by atoms with Crippen molar-refractivity contribution >= 4 is 18.3 Å². The van der Waals surface area contributed by atoms with Gasteiger partial charge in [-0.1, -0.05) is 60.7 Å². The molecule has 0 aliphatic carbocycles. The zero-order chi connectivity index (χ0) is 25.3. The molecule has 3 N–H and O–H groups in total. The van der Waals surface area contributed by atoms with E-state index in [1.54, 1.807) is 12.1 Å². The van der Waals surface area contributed by atoms with Crippen LogP contribution in [0.1, 0.15) is 23.0 Å². The Labute approximate surface area is 218 Å². The van der Waals surface area contributed by atoms with Crippen molar-refractivity contribution in [2.75, 3.05) is 13.1 Å². The van der Waals surface area contributed by atoms with Crippen LogP contribution in [0.25, 0.3) is 33.5 Å². The number of nitrogens with one attached hydrogen (secondary N) is 1. The minimum absolute atomic E-state index is 0. The van der Waals surface area contributed by atoms with Crippen molar-refractivity contribution in [2.45, 2.75) is 18.8 Å². The fraction of sp³-hybridized carbons (Fsp3) is 0.179. The van der Waals surface area contributed by atoms with Crippen LogP contribution in [0.4, 0.5) is 13.2 Å². The highest BCUT2D eigenvalue weighted by Crippen LogP contribution is 2.41. The lowest BCUT2D eigenvalue weighted by molar-refractivity contribution is -0.274. The molecule has 1 aromatic heterocycles. The summed E-state index contributed by atoms with van der Waals surface area (Å²) in [4.78, 5) is 12.9. The molecule has 37 heavy (non-hydrogen) atoms. The van der Waals surface area contributed by atoms with Crippen molar-refractivity contribution in [2.24, 2.45) is 5.73 Å². The van der Waals surface area contributed by atoms with Crippen LogP contribution < -0.4 is 15.8 Å². The van der Waals surface area contributed by atoms with Crippen molar-refractivity contribution < 1.29 is 22.7 Å². The molecule has 3 aromatic carbocycles. The molecule has 0 bridgehead atoms. The molecule has 5 nitrogen and oxygen atoms in total. The Bertz CT molecular complexity index is 1400. The summed E-state index contributed by atoms with van der Waals surface area (Å²) >= 11 is 0. The maximum atomic E-state index is 12.9. The van der Waals surface area contributed by atoms with Crippen molar-refractivity contribution in [1.29, 1.82) is 0 Å². The first-order valence-electron chi connectivity index (χ1n) is 11.6. The number of amides is 1. The van der Waals surface area contributed by atoms with Gasteiger partial charge in [0, 0.05) is 12.1 Å². The molecule has 4 aromatic rings. The van der Waals surface area contributed by atoms with Gasteiger partial charge < -0.3 is 20.4 Å². The Morgan fingerprint density at radius 3 is 2.30 bits per heavy atom. The number of hydrogen-bond donors (Lipinski definition) is 2. The van der Waals surface area contributed by atoms with E-state index in [0.29, 0.717) is 36.3 Å². The highest BCUT2D eigenvalue weighted by atomic mass is 35.5. The standard InChI is InChI=1S/C28H24F3N3O2.ClH/c29-28(30,31)36-23-11-5-9-20(15-23)24-16-25-27(35)33-17-22(12-13-32)34(25)26(24)21-10-4-8-19(14-21)18-6-2-1-3-7-18;/h1-11,14-16,22H,12-13,17,32H2,(H,33,35);1H/t22-;/m0./s1. The normalized spacial score (nSPS) is 14.9. The van der Waals surface area contributed by atoms with E-state index >= 15 is 0 Å². The van der Waals surface area contributed by atoms with E-state index in [-0.39, 0.29) is 30.1 Å². The van der Waals surface area contributed by atoms with Gasteiger partial charge in [-0.3, -0.25) is 4.79 Å². The number of benzene rings is 3. The van der Waals surface area contributed by atoms with Gasteiger partial charge in [-0.15, -0.1) is 25.6 Å². The number of carbonyl (C=O) groups is 1. The summed E-state index contributed by atoms with van der Waals surface area (Å²) in [6, 6.07) is 25.3. The van der Waals surface area contributed by atoms with Crippen molar-refractivity contribution in [3.8, 4) is 39.3 Å².